The minimum absolute atomic E-state index is 0.149. The number of nitrogens with zero attached hydrogens (tertiary/aromatic N) is 1. The number of hydrogen-bond acceptors (Lipinski definition) is 3. The number of likely N-dealkylation sites (tertiary alicyclic amines) is 1. The average molecular weight is 327 g/mol. The van der Waals surface area contributed by atoms with Gasteiger partial charge < -0.3 is 20.0 Å². The molecular formula is C18H21N3O3. The van der Waals surface area contributed by atoms with Crippen LogP contribution < -0.4 is 10.6 Å². The van der Waals surface area contributed by atoms with E-state index in [2.05, 4.69) is 10.6 Å². The van der Waals surface area contributed by atoms with Crippen molar-refractivity contribution in [2.24, 2.45) is 0 Å². The van der Waals surface area contributed by atoms with Crippen molar-refractivity contribution in [1.29, 1.82) is 0 Å². The molecule has 1 aromatic carbocycles. The van der Waals surface area contributed by atoms with E-state index in [4.69, 9.17) is 4.42 Å². The van der Waals surface area contributed by atoms with Crippen LogP contribution in [0.2, 0.25) is 0 Å². The Morgan fingerprint density at radius 3 is 2.83 bits per heavy atom. The molecule has 0 bridgehead atoms. The molecule has 1 fully saturated rings. The molecule has 6 heteroatoms. The van der Waals surface area contributed by atoms with Crippen molar-refractivity contribution in [1.82, 2.24) is 10.2 Å². The molecule has 1 saturated heterocycles. The largest absolute Gasteiger partial charge is 0.467 e. The second kappa shape index (κ2) is 7.21. The van der Waals surface area contributed by atoms with Gasteiger partial charge in [-0.2, -0.15) is 0 Å². The number of hydrogen-bond donors (Lipinski definition) is 2. The summed E-state index contributed by atoms with van der Waals surface area (Å²) in [5, 5.41) is 5.73. The van der Waals surface area contributed by atoms with Crippen molar-refractivity contribution in [2.45, 2.75) is 32.4 Å². The van der Waals surface area contributed by atoms with Gasteiger partial charge in [0.2, 0.25) is 5.91 Å². The summed E-state index contributed by atoms with van der Waals surface area (Å²) in [5.74, 6) is 0.543. The molecule has 3 amide bonds. The number of urea groups is 1. The molecular weight excluding hydrogens is 306 g/mol. The predicted octanol–water partition coefficient (Wildman–Crippen LogP) is 2.90. The SMILES string of the molecule is Cc1ccccc1NC(=O)N1CCCC1C(=O)NCc1ccco1. The summed E-state index contributed by atoms with van der Waals surface area (Å²) >= 11 is 0. The van der Waals surface area contributed by atoms with Crippen LogP contribution in [0, 0.1) is 6.92 Å². The van der Waals surface area contributed by atoms with Crippen molar-refractivity contribution in [3.63, 3.8) is 0 Å². The Labute approximate surface area is 140 Å². The van der Waals surface area contributed by atoms with Crippen LogP contribution in [0.15, 0.2) is 47.1 Å². The molecule has 24 heavy (non-hydrogen) atoms. The normalized spacial score (nSPS) is 16.9. The van der Waals surface area contributed by atoms with Gasteiger partial charge in [-0.25, -0.2) is 4.79 Å². The summed E-state index contributed by atoms with van der Waals surface area (Å²) < 4.78 is 5.21. The lowest BCUT2D eigenvalue weighted by atomic mass is 10.2. The Hall–Kier alpha value is -2.76. The highest BCUT2D eigenvalue weighted by Crippen LogP contribution is 2.20. The third kappa shape index (κ3) is 3.59. The van der Waals surface area contributed by atoms with Gasteiger partial charge in [0, 0.05) is 12.2 Å². The number of amides is 3. The van der Waals surface area contributed by atoms with Crippen molar-refractivity contribution < 1.29 is 14.0 Å². The highest BCUT2D eigenvalue weighted by Gasteiger charge is 2.34. The number of carbonyl (C=O) groups excluding carboxylic acids is 2. The van der Waals surface area contributed by atoms with Crippen LogP contribution >= 0.6 is 0 Å². The zero-order valence-electron chi connectivity index (χ0n) is 13.6. The van der Waals surface area contributed by atoms with Gasteiger partial charge in [0.1, 0.15) is 11.8 Å². The molecule has 2 aromatic rings. The first-order chi connectivity index (χ1) is 11.6. The van der Waals surface area contributed by atoms with Crippen molar-refractivity contribution in [3.8, 4) is 0 Å². The quantitative estimate of drug-likeness (QED) is 0.907. The molecule has 126 valence electrons. The molecule has 2 heterocycles. The fourth-order valence-electron chi connectivity index (χ4n) is 2.89. The molecule has 6 nitrogen and oxygen atoms in total. The zero-order valence-corrected chi connectivity index (χ0v) is 13.6. The summed E-state index contributed by atoms with van der Waals surface area (Å²) in [5.41, 5.74) is 1.76. The molecule has 0 saturated carbocycles. The number of rotatable bonds is 4. The maximum absolute atomic E-state index is 12.5. The smallest absolute Gasteiger partial charge is 0.322 e. The van der Waals surface area contributed by atoms with Crippen molar-refractivity contribution >= 4 is 17.6 Å². The van der Waals surface area contributed by atoms with E-state index in [9.17, 15) is 9.59 Å². The maximum atomic E-state index is 12.5. The van der Waals surface area contributed by atoms with Gasteiger partial charge in [-0.1, -0.05) is 18.2 Å². The number of carbonyl (C=O) groups is 2. The van der Waals surface area contributed by atoms with Crippen LogP contribution in [-0.4, -0.2) is 29.4 Å². The number of benzene rings is 1. The summed E-state index contributed by atoms with van der Waals surface area (Å²) in [7, 11) is 0. The van der Waals surface area contributed by atoms with Gasteiger partial charge in [-0.3, -0.25) is 4.79 Å². The van der Waals surface area contributed by atoms with Crippen molar-refractivity contribution in [3.05, 3.63) is 54.0 Å². The Balaban J connectivity index is 1.61. The Kier molecular flexibility index (Phi) is 4.84. The Bertz CT molecular complexity index is 712. The first-order valence-electron chi connectivity index (χ1n) is 8.08. The third-order valence-electron chi connectivity index (χ3n) is 4.22. The van der Waals surface area contributed by atoms with Gasteiger partial charge in [-0.05, 0) is 43.5 Å². The van der Waals surface area contributed by atoms with Gasteiger partial charge in [0.05, 0.1) is 12.8 Å². The summed E-state index contributed by atoms with van der Waals surface area (Å²) in [6.45, 7) is 2.85. The van der Waals surface area contributed by atoms with E-state index < -0.39 is 6.04 Å². The number of furan rings is 1. The van der Waals surface area contributed by atoms with E-state index in [1.54, 1.807) is 23.3 Å². The van der Waals surface area contributed by atoms with Crippen LogP contribution in [0.4, 0.5) is 10.5 Å². The summed E-state index contributed by atoms with van der Waals surface area (Å²) in [6, 6.07) is 10.5. The van der Waals surface area contributed by atoms with E-state index in [-0.39, 0.29) is 11.9 Å². The number of para-hydroxylation sites is 1. The molecule has 1 aliphatic heterocycles. The minimum atomic E-state index is -0.441. The molecule has 1 aromatic heterocycles. The second-order valence-electron chi connectivity index (χ2n) is 5.89. The molecule has 1 aliphatic rings. The summed E-state index contributed by atoms with van der Waals surface area (Å²) in [4.78, 5) is 26.5. The van der Waals surface area contributed by atoms with Gasteiger partial charge in [0.15, 0.2) is 0 Å². The average Bonchev–Trinajstić information content (AvgIpc) is 3.26. The number of anilines is 1. The molecule has 1 atom stereocenters. The van der Waals surface area contributed by atoms with E-state index in [1.165, 1.54) is 0 Å². The van der Waals surface area contributed by atoms with Crippen LogP contribution in [-0.2, 0) is 11.3 Å². The predicted molar refractivity (Wildman–Crippen MR) is 90.5 cm³/mol. The van der Waals surface area contributed by atoms with Gasteiger partial charge in [-0.15, -0.1) is 0 Å². The molecule has 0 radical (unpaired) electrons. The summed E-state index contributed by atoms with van der Waals surface area (Å²) in [6.07, 6.45) is 3.06. The minimum Gasteiger partial charge on any atom is -0.467 e. The highest BCUT2D eigenvalue weighted by molar-refractivity contribution is 5.94. The molecule has 0 aliphatic carbocycles. The monoisotopic (exact) mass is 327 g/mol. The van der Waals surface area contributed by atoms with Crippen LogP contribution in [0.25, 0.3) is 0 Å². The fourth-order valence-corrected chi connectivity index (χ4v) is 2.89. The van der Waals surface area contributed by atoms with E-state index in [0.717, 1.165) is 17.7 Å². The molecule has 3 rings (SSSR count). The van der Waals surface area contributed by atoms with E-state index in [0.29, 0.717) is 25.3 Å². The lowest BCUT2D eigenvalue weighted by Gasteiger charge is -2.24. The van der Waals surface area contributed by atoms with Gasteiger partial charge in [0.25, 0.3) is 0 Å². The lowest BCUT2D eigenvalue weighted by molar-refractivity contribution is -0.124. The first-order valence-corrected chi connectivity index (χ1v) is 8.08. The first kappa shape index (κ1) is 16.1. The Morgan fingerprint density at radius 2 is 2.08 bits per heavy atom. The second-order valence-corrected chi connectivity index (χ2v) is 5.89. The topological polar surface area (TPSA) is 74.6 Å². The fraction of sp³-hybridized carbons (Fsp3) is 0.333. The molecule has 2 N–H and O–H groups in total. The molecule has 0 spiro atoms. The van der Waals surface area contributed by atoms with Crippen LogP contribution in [0.5, 0.6) is 0 Å². The van der Waals surface area contributed by atoms with Crippen molar-refractivity contribution in [2.75, 3.05) is 11.9 Å². The van der Waals surface area contributed by atoms with E-state index >= 15 is 0 Å². The standard InChI is InChI=1S/C18H21N3O3/c1-13-6-2-3-8-15(13)20-18(23)21-10-4-9-16(21)17(22)19-12-14-7-5-11-24-14/h2-3,5-8,11,16H,4,9-10,12H2,1H3,(H,19,22)(H,20,23). The van der Waals surface area contributed by atoms with Crippen LogP contribution in [0.3, 0.4) is 0 Å². The number of nitrogens with one attached hydrogen (secondary N) is 2. The van der Waals surface area contributed by atoms with E-state index in [1.807, 2.05) is 31.2 Å². The maximum Gasteiger partial charge on any atom is 0.322 e. The molecule has 1 unspecified atom stereocenters. The number of aryl methyl sites for hydroxylation is 1. The lowest BCUT2D eigenvalue weighted by Crippen LogP contribution is -2.47. The highest BCUT2D eigenvalue weighted by atomic mass is 16.3. The van der Waals surface area contributed by atoms with Gasteiger partial charge >= 0.3 is 6.03 Å². The Morgan fingerprint density at radius 1 is 1.25 bits per heavy atom. The third-order valence-corrected chi connectivity index (χ3v) is 4.22. The zero-order chi connectivity index (χ0) is 16.9. The van der Waals surface area contributed by atoms with Crippen LogP contribution in [0.1, 0.15) is 24.2 Å².